The Hall–Kier alpha value is -2.94. The quantitative estimate of drug-likeness (QED) is 0.345. The number of carbonyl (C=O) groups is 1. The van der Waals surface area contributed by atoms with Crippen LogP contribution in [0, 0.1) is 0 Å². The maximum atomic E-state index is 12.4. The van der Waals surface area contributed by atoms with Crippen molar-refractivity contribution in [1.82, 2.24) is 4.98 Å². The third kappa shape index (κ3) is 5.29. The summed E-state index contributed by atoms with van der Waals surface area (Å²) in [6.45, 7) is 4.34. The number of carbonyl (C=O) groups excluding carboxylic acids is 1. The molecule has 0 saturated heterocycles. The fourth-order valence-corrected chi connectivity index (χ4v) is 3.08. The van der Waals surface area contributed by atoms with E-state index in [9.17, 15) is 4.79 Å². The van der Waals surface area contributed by atoms with E-state index in [4.69, 9.17) is 4.74 Å². The number of ether oxygens (including phenoxy) is 1. The first-order valence-electron chi connectivity index (χ1n) is 10.1. The van der Waals surface area contributed by atoms with Crippen molar-refractivity contribution in [2.75, 3.05) is 0 Å². The molecule has 1 heterocycles. The summed E-state index contributed by atoms with van der Waals surface area (Å²) in [5.41, 5.74) is 4.98. The third-order valence-corrected chi connectivity index (χ3v) is 4.73. The van der Waals surface area contributed by atoms with E-state index < -0.39 is 0 Å². The van der Waals surface area contributed by atoms with Crippen LogP contribution in [-0.4, -0.2) is 11.0 Å². The summed E-state index contributed by atoms with van der Waals surface area (Å²) in [6.07, 6.45) is 7.45. The van der Waals surface area contributed by atoms with E-state index in [0.29, 0.717) is 11.3 Å². The van der Waals surface area contributed by atoms with Crippen LogP contribution in [0.5, 0.6) is 5.75 Å². The average molecular weight is 373 g/mol. The minimum absolute atomic E-state index is 0.336. The normalized spacial score (nSPS) is 10.6. The third-order valence-electron chi connectivity index (χ3n) is 4.73. The van der Waals surface area contributed by atoms with Gasteiger partial charge in [-0.05, 0) is 72.9 Å². The highest BCUT2D eigenvalue weighted by Crippen LogP contribution is 2.22. The Kier molecular flexibility index (Phi) is 6.96. The number of hydrogen-bond acceptors (Lipinski definition) is 3. The molecule has 0 radical (unpaired) electrons. The first-order chi connectivity index (χ1) is 13.7. The van der Waals surface area contributed by atoms with Gasteiger partial charge in [-0.15, -0.1) is 0 Å². The molecule has 144 valence electrons. The average Bonchev–Trinajstić information content (AvgIpc) is 2.74. The van der Waals surface area contributed by atoms with E-state index in [1.165, 1.54) is 11.1 Å². The second-order valence-corrected chi connectivity index (χ2v) is 7.02. The van der Waals surface area contributed by atoms with Gasteiger partial charge in [0.2, 0.25) is 0 Å². The first kappa shape index (κ1) is 19.8. The zero-order valence-corrected chi connectivity index (χ0v) is 16.7. The Balaban J connectivity index is 1.62. The van der Waals surface area contributed by atoms with Crippen LogP contribution >= 0.6 is 0 Å². The smallest absolute Gasteiger partial charge is 0.343 e. The van der Waals surface area contributed by atoms with E-state index in [2.05, 4.69) is 24.9 Å². The SMILES string of the molecule is CCCCc1ccc(C(=O)Oc2ccc(-c3ccc(CCC)cn3)cc2)cc1. The number of unbranched alkanes of at least 4 members (excludes halogenated alkanes) is 1. The van der Waals surface area contributed by atoms with Crippen molar-refractivity contribution < 1.29 is 9.53 Å². The molecule has 0 N–H and O–H groups in total. The highest BCUT2D eigenvalue weighted by molar-refractivity contribution is 5.91. The lowest BCUT2D eigenvalue weighted by molar-refractivity contribution is 0.0735. The van der Waals surface area contributed by atoms with Crippen LogP contribution in [0.2, 0.25) is 0 Å². The zero-order valence-electron chi connectivity index (χ0n) is 16.7. The van der Waals surface area contributed by atoms with Crippen molar-refractivity contribution in [1.29, 1.82) is 0 Å². The molecular weight excluding hydrogens is 346 g/mol. The van der Waals surface area contributed by atoms with Crippen molar-refractivity contribution in [3.8, 4) is 17.0 Å². The standard InChI is InChI=1S/C25H27NO2/c1-3-5-7-19-8-11-22(12-9-19)25(27)28-23-15-13-21(14-16-23)24-17-10-20(6-4-2)18-26-24/h8-18H,3-7H2,1-2H3. The topological polar surface area (TPSA) is 39.2 Å². The van der Waals surface area contributed by atoms with E-state index in [1.807, 2.05) is 60.8 Å². The monoisotopic (exact) mass is 373 g/mol. The number of aromatic nitrogens is 1. The largest absolute Gasteiger partial charge is 0.423 e. The van der Waals surface area contributed by atoms with Gasteiger partial charge in [0.1, 0.15) is 5.75 Å². The zero-order chi connectivity index (χ0) is 19.8. The molecule has 3 rings (SSSR count). The molecule has 3 aromatic rings. The molecule has 0 aliphatic heterocycles. The van der Waals surface area contributed by atoms with E-state index in [1.54, 1.807) is 0 Å². The highest BCUT2D eigenvalue weighted by atomic mass is 16.5. The Bertz CT molecular complexity index is 881. The lowest BCUT2D eigenvalue weighted by atomic mass is 10.1. The van der Waals surface area contributed by atoms with Gasteiger partial charge in [0.15, 0.2) is 0 Å². The van der Waals surface area contributed by atoms with Crippen molar-refractivity contribution >= 4 is 5.97 Å². The predicted octanol–water partition coefficient (Wildman–Crippen LogP) is 6.26. The molecule has 0 aliphatic carbocycles. The molecule has 1 aromatic heterocycles. The minimum Gasteiger partial charge on any atom is -0.423 e. The summed E-state index contributed by atoms with van der Waals surface area (Å²) in [7, 11) is 0. The molecule has 28 heavy (non-hydrogen) atoms. The van der Waals surface area contributed by atoms with Crippen molar-refractivity contribution in [3.05, 3.63) is 83.6 Å². The van der Waals surface area contributed by atoms with Crippen LogP contribution in [0.1, 0.15) is 54.6 Å². The molecule has 0 bridgehead atoms. The second kappa shape index (κ2) is 9.84. The van der Waals surface area contributed by atoms with Crippen LogP contribution in [0.3, 0.4) is 0 Å². The van der Waals surface area contributed by atoms with Crippen LogP contribution in [0.15, 0.2) is 66.9 Å². The molecule has 0 unspecified atom stereocenters. The van der Waals surface area contributed by atoms with Gasteiger partial charge in [-0.2, -0.15) is 0 Å². The molecule has 0 atom stereocenters. The Labute approximate surface area is 167 Å². The Morgan fingerprint density at radius 1 is 0.821 bits per heavy atom. The first-order valence-corrected chi connectivity index (χ1v) is 10.1. The number of pyridine rings is 1. The Morgan fingerprint density at radius 3 is 2.14 bits per heavy atom. The van der Waals surface area contributed by atoms with Gasteiger partial charge in [-0.1, -0.05) is 44.9 Å². The number of rotatable bonds is 8. The van der Waals surface area contributed by atoms with Crippen LogP contribution in [0.4, 0.5) is 0 Å². The maximum Gasteiger partial charge on any atom is 0.343 e. The molecule has 0 fully saturated rings. The summed E-state index contributed by atoms with van der Waals surface area (Å²) < 4.78 is 5.50. The molecule has 3 heteroatoms. The van der Waals surface area contributed by atoms with Crippen LogP contribution < -0.4 is 4.74 Å². The molecule has 0 amide bonds. The fourth-order valence-electron chi connectivity index (χ4n) is 3.08. The molecule has 0 saturated carbocycles. The van der Waals surface area contributed by atoms with Gasteiger partial charge in [-0.25, -0.2) is 4.79 Å². The molecule has 2 aromatic carbocycles. The number of nitrogens with zero attached hydrogens (tertiary/aromatic N) is 1. The lowest BCUT2D eigenvalue weighted by Gasteiger charge is -2.07. The summed E-state index contributed by atoms with van der Waals surface area (Å²) in [4.78, 5) is 16.9. The van der Waals surface area contributed by atoms with Crippen LogP contribution in [-0.2, 0) is 12.8 Å². The second-order valence-electron chi connectivity index (χ2n) is 7.02. The summed E-state index contributed by atoms with van der Waals surface area (Å²) >= 11 is 0. The lowest BCUT2D eigenvalue weighted by Crippen LogP contribution is -2.08. The number of hydrogen-bond donors (Lipinski definition) is 0. The van der Waals surface area contributed by atoms with Gasteiger partial charge in [0.25, 0.3) is 0 Å². The van der Waals surface area contributed by atoms with Gasteiger partial charge in [0.05, 0.1) is 11.3 Å². The van der Waals surface area contributed by atoms with Gasteiger partial charge in [0, 0.05) is 11.8 Å². The Morgan fingerprint density at radius 2 is 1.54 bits per heavy atom. The fraction of sp³-hybridized carbons (Fsp3) is 0.280. The summed E-state index contributed by atoms with van der Waals surface area (Å²) in [5, 5.41) is 0. The van der Waals surface area contributed by atoms with Crippen molar-refractivity contribution in [3.63, 3.8) is 0 Å². The van der Waals surface area contributed by atoms with Crippen LogP contribution in [0.25, 0.3) is 11.3 Å². The van der Waals surface area contributed by atoms with Gasteiger partial charge in [-0.3, -0.25) is 4.98 Å². The summed E-state index contributed by atoms with van der Waals surface area (Å²) in [5.74, 6) is 0.197. The number of aryl methyl sites for hydroxylation is 2. The van der Waals surface area contributed by atoms with E-state index in [0.717, 1.165) is 43.4 Å². The minimum atomic E-state index is -0.336. The molecule has 3 nitrogen and oxygen atoms in total. The highest BCUT2D eigenvalue weighted by Gasteiger charge is 2.09. The van der Waals surface area contributed by atoms with Gasteiger partial charge >= 0.3 is 5.97 Å². The van der Waals surface area contributed by atoms with Gasteiger partial charge < -0.3 is 4.74 Å². The maximum absolute atomic E-state index is 12.4. The number of esters is 1. The van der Waals surface area contributed by atoms with Crippen molar-refractivity contribution in [2.45, 2.75) is 46.0 Å². The van der Waals surface area contributed by atoms with Crippen molar-refractivity contribution in [2.24, 2.45) is 0 Å². The number of benzene rings is 2. The summed E-state index contributed by atoms with van der Waals surface area (Å²) in [6, 6.07) is 19.3. The molecule has 0 spiro atoms. The molecular formula is C25H27NO2. The van der Waals surface area contributed by atoms with E-state index >= 15 is 0 Å². The predicted molar refractivity (Wildman–Crippen MR) is 114 cm³/mol. The van der Waals surface area contributed by atoms with E-state index in [-0.39, 0.29) is 5.97 Å². The molecule has 0 aliphatic rings.